The molecule has 0 aliphatic carbocycles. The Bertz CT molecular complexity index is 1160. The molecule has 0 saturated carbocycles. The summed E-state index contributed by atoms with van der Waals surface area (Å²) in [5.74, 6) is -2.72. The summed E-state index contributed by atoms with van der Waals surface area (Å²) in [5, 5.41) is 25.0. The third kappa shape index (κ3) is 5.44. The molecule has 1 aromatic heterocycles. The fourth-order valence-electron chi connectivity index (χ4n) is 4.63. The van der Waals surface area contributed by atoms with E-state index in [0.717, 1.165) is 5.56 Å². The van der Waals surface area contributed by atoms with Crippen LogP contribution in [-0.2, 0) is 19.1 Å². The van der Waals surface area contributed by atoms with Crippen molar-refractivity contribution in [3.63, 3.8) is 0 Å². The number of ether oxygens (including phenoxy) is 2. The molecule has 0 amide bonds. The summed E-state index contributed by atoms with van der Waals surface area (Å²) in [6.07, 6.45) is 6.90. The van der Waals surface area contributed by atoms with Gasteiger partial charge in [0.25, 0.3) is 5.69 Å². The van der Waals surface area contributed by atoms with E-state index in [-0.39, 0.29) is 30.9 Å². The van der Waals surface area contributed by atoms with Gasteiger partial charge in [0.05, 0.1) is 17.1 Å². The van der Waals surface area contributed by atoms with Crippen LogP contribution in [0.3, 0.4) is 0 Å². The van der Waals surface area contributed by atoms with Crippen LogP contribution in [0.4, 0.5) is 5.69 Å². The average Bonchev–Trinajstić information content (AvgIpc) is 2.85. The second kappa shape index (κ2) is 11.6. The summed E-state index contributed by atoms with van der Waals surface area (Å²) in [5.41, 5.74) is 0.325. The summed E-state index contributed by atoms with van der Waals surface area (Å²) < 4.78 is 10.4. The number of carboxylic acid groups (broad SMARTS) is 1. The first-order valence-electron chi connectivity index (χ1n) is 11.4. The molecule has 190 valence electrons. The normalized spacial score (nSPS) is 21.8. The van der Waals surface area contributed by atoms with E-state index in [9.17, 15) is 24.8 Å². The summed E-state index contributed by atoms with van der Waals surface area (Å²) in [6.45, 7) is 3.63. The maximum atomic E-state index is 13.3. The number of allylic oxidation sites excluding steroid dienone is 2. The Labute approximate surface area is 208 Å². The van der Waals surface area contributed by atoms with Crippen molar-refractivity contribution in [1.29, 1.82) is 0 Å². The molecule has 1 aliphatic rings. The van der Waals surface area contributed by atoms with Gasteiger partial charge in [0.1, 0.15) is 12.0 Å². The molecule has 2 aromatic rings. The van der Waals surface area contributed by atoms with Gasteiger partial charge in [0.2, 0.25) is 0 Å². The molecule has 10 nitrogen and oxygen atoms in total. The maximum Gasteiger partial charge on any atom is 0.336 e. The minimum absolute atomic E-state index is 0.00331. The molecule has 3 unspecified atom stereocenters. The molecule has 0 radical (unpaired) electrons. The number of esters is 1. The maximum absolute atomic E-state index is 13.3. The van der Waals surface area contributed by atoms with E-state index in [1.54, 1.807) is 50.5 Å². The van der Waals surface area contributed by atoms with E-state index in [1.165, 1.54) is 31.4 Å². The van der Waals surface area contributed by atoms with E-state index in [0.29, 0.717) is 11.3 Å². The molecule has 36 heavy (non-hydrogen) atoms. The number of aliphatic carboxylic acids is 1. The van der Waals surface area contributed by atoms with E-state index >= 15 is 0 Å². The van der Waals surface area contributed by atoms with Gasteiger partial charge >= 0.3 is 11.9 Å². The number of pyridine rings is 1. The van der Waals surface area contributed by atoms with Crippen molar-refractivity contribution in [2.45, 2.75) is 32.2 Å². The quantitative estimate of drug-likeness (QED) is 0.218. The van der Waals surface area contributed by atoms with Gasteiger partial charge < -0.3 is 19.9 Å². The van der Waals surface area contributed by atoms with Gasteiger partial charge in [-0.2, -0.15) is 0 Å². The lowest BCUT2D eigenvalue weighted by Crippen LogP contribution is -2.56. The molecule has 10 heteroatoms. The zero-order valence-electron chi connectivity index (χ0n) is 20.3. The fraction of sp³-hybridized carbons (Fsp3) is 0.346. The third-order valence-electron chi connectivity index (χ3n) is 6.46. The van der Waals surface area contributed by atoms with E-state index in [2.05, 4.69) is 10.3 Å². The fourth-order valence-corrected chi connectivity index (χ4v) is 4.63. The number of carboxylic acids is 1. The molecule has 3 atom stereocenters. The minimum atomic E-state index is -1.51. The van der Waals surface area contributed by atoms with Crippen LogP contribution < -0.4 is 5.32 Å². The molecular formula is C26H29N3O7. The van der Waals surface area contributed by atoms with Gasteiger partial charge in [-0.15, -0.1) is 0 Å². The number of hydrogen-bond acceptors (Lipinski definition) is 8. The van der Waals surface area contributed by atoms with Crippen molar-refractivity contribution < 1.29 is 29.1 Å². The number of nitrogens with zero attached hydrogens (tertiary/aromatic N) is 2. The van der Waals surface area contributed by atoms with E-state index in [4.69, 9.17) is 9.47 Å². The highest BCUT2D eigenvalue weighted by Crippen LogP contribution is 2.51. The Balaban J connectivity index is 2.14. The smallest absolute Gasteiger partial charge is 0.336 e. The second-order valence-electron chi connectivity index (χ2n) is 8.55. The second-order valence-corrected chi connectivity index (χ2v) is 8.55. The topological polar surface area (TPSA) is 141 Å². The Morgan fingerprint density at radius 1 is 1.19 bits per heavy atom. The first-order chi connectivity index (χ1) is 17.2. The van der Waals surface area contributed by atoms with Crippen LogP contribution in [0.5, 0.6) is 0 Å². The first-order valence-corrected chi connectivity index (χ1v) is 11.4. The third-order valence-corrected chi connectivity index (χ3v) is 6.46. The lowest BCUT2D eigenvalue weighted by atomic mass is 9.60. The van der Waals surface area contributed by atoms with Crippen LogP contribution in [0, 0.1) is 15.5 Å². The zero-order chi connectivity index (χ0) is 26.3. The molecule has 0 fully saturated rings. The molecule has 2 heterocycles. The van der Waals surface area contributed by atoms with Gasteiger partial charge in [0, 0.05) is 49.3 Å². The van der Waals surface area contributed by atoms with Crippen LogP contribution in [-0.4, -0.2) is 53.3 Å². The highest BCUT2D eigenvalue weighted by atomic mass is 16.6. The van der Waals surface area contributed by atoms with Crippen molar-refractivity contribution in [2.24, 2.45) is 5.41 Å². The predicted octanol–water partition coefficient (Wildman–Crippen LogP) is 3.70. The van der Waals surface area contributed by atoms with E-state index in [1.807, 2.05) is 0 Å². The highest BCUT2D eigenvalue weighted by molar-refractivity contribution is 5.94. The summed E-state index contributed by atoms with van der Waals surface area (Å²) in [4.78, 5) is 41.0. The van der Waals surface area contributed by atoms with Gasteiger partial charge in [-0.1, -0.05) is 24.3 Å². The van der Waals surface area contributed by atoms with Crippen LogP contribution in [0.15, 0.2) is 66.1 Å². The number of nitro groups is 1. The summed E-state index contributed by atoms with van der Waals surface area (Å²) >= 11 is 0. The van der Waals surface area contributed by atoms with Crippen molar-refractivity contribution in [2.75, 3.05) is 20.3 Å². The van der Waals surface area contributed by atoms with Gasteiger partial charge in [-0.3, -0.25) is 19.9 Å². The number of benzene rings is 1. The molecular weight excluding hydrogens is 466 g/mol. The predicted molar refractivity (Wildman–Crippen MR) is 132 cm³/mol. The Kier molecular flexibility index (Phi) is 8.55. The number of rotatable bonds is 10. The monoisotopic (exact) mass is 495 g/mol. The van der Waals surface area contributed by atoms with Crippen LogP contribution in [0.25, 0.3) is 6.08 Å². The lowest BCUT2D eigenvalue weighted by Gasteiger charge is -2.46. The Morgan fingerprint density at radius 3 is 2.44 bits per heavy atom. The van der Waals surface area contributed by atoms with Gasteiger partial charge in [-0.05, 0) is 43.5 Å². The average molecular weight is 496 g/mol. The zero-order valence-corrected chi connectivity index (χ0v) is 20.3. The molecule has 1 aromatic carbocycles. The molecule has 2 N–H and O–H groups in total. The number of carbonyl (C=O) groups is 2. The van der Waals surface area contributed by atoms with E-state index < -0.39 is 34.2 Å². The standard InChI is InChI=1S/C26H29N3O7/c1-17-22(24(30)36-16-15-35-3)23(20-6-8-21(9-7-20)29(33)34)26(25(31)32,18(2)28-17)12-4-5-19-10-13-27-14-11-19/h4-11,13-14,18,23,28H,12,15-16H2,1-3H3,(H,31,32)/b5-4+. The number of methoxy groups -OCH3 is 1. The molecule has 0 saturated heterocycles. The first kappa shape index (κ1) is 26.6. The Morgan fingerprint density at radius 2 is 1.86 bits per heavy atom. The lowest BCUT2D eigenvalue weighted by molar-refractivity contribution is -0.384. The van der Waals surface area contributed by atoms with Crippen molar-refractivity contribution in [1.82, 2.24) is 10.3 Å². The van der Waals surface area contributed by atoms with Crippen LogP contribution in [0.1, 0.15) is 37.3 Å². The Hall–Kier alpha value is -4.05. The van der Waals surface area contributed by atoms with Gasteiger partial charge in [0.15, 0.2) is 0 Å². The van der Waals surface area contributed by atoms with Crippen LogP contribution >= 0.6 is 0 Å². The minimum Gasteiger partial charge on any atom is -0.481 e. The molecule has 3 rings (SSSR count). The van der Waals surface area contributed by atoms with Crippen molar-refractivity contribution >= 4 is 23.7 Å². The van der Waals surface area contributed by atoms with Crippen molar-refractivity contribution in [3.05, 3.63) is 87.4 Å². The van der Waals surface area contributed by atoms with Crippen LogP contribution in [0.2, 0.25) is 0 Å². The largest absolute Gasteiger partial charge is 0.481 e. The molecule has 0 bridgehead atoms. The number of carbonyl (C=O) groups excluding carboxylic acids is 1. The van der Waals surface area contributed by atoms with Gasteiger partial charge in [-0.25, -0.2) is 4.79 Å². The number of non-ortho nitro benzene ring substituents is 1. The number of nitro benzene ring substituents is 1. The summed E-state index contributed by atoms with van der Waals surface area (Å²) in [7, 11) is 1.48. The summed E-state index contributed by atoms with van der Waals surface area (Å²) in [6, 6.07) is 8.62. The number of nitrogens with one attached hydrogen (secondary N) is 1. The number of hydrogen-bond donors (Lipinski definition) is 2. The van der Waals surface area contributed by atoms with Crippen molar-refractivity contribution in [3.8, 4) is 0 Å². The SMILES string of the molecule is COCCOC(=O)C1=C(C)NC(C)C(C/C=C/c2ccncc2)(C(=O)O)C1c1ccc([N+](=O)[O-])cc1. The molecule has 1 aliphatic heterocycles. The highest BCUT2D eigenvalue weighted by Gasteiger charge is 2.56. The molecule has 0 spiro atoms. The number of aromatic nitrogens is 1.